The summed E-state index contributed by atoms with van der Waals surface area (Å²) >= 11 is 2.22. The number of hydrogen-bond acceptors (Lipinski definition) is 3. The molecule has 0 saturated carbocycles. The molecule has 8 nitrogen and oxygen atoms in total. The average Bonchev–Trinajstić information content (AvgIpc) is 3.38. The number of fused-ring (bicyclic) bond motifs is 1. The van der Waals surface area contributed by atoms with Crippen molar-refractivity contribution in [1.82, 2.24) is 20.1 Å². The van der Waals surface area contributed by atoms with Gasteiger partial charge in [0, 0.05) is 59.4 Å². The van der Waals surface area contributed by atoms with Crippen LogP contribution in [0.4, 0.5) is 10.5 Å². The number of aromatic amines is 1. The number of carbonyl (C=O) groups is 3. The maximum absolute atomic E-state index is 13.1. The first-order valence-electron chi connectivity index (χ1n) is 10.4. The molecule has 3 heterocycles. The quantitative estimate of drug-likeness (QED) is 0.407. The minimum atomic E-state index is -0.170. The smallest absolute Gasteiger partial charge is 0.319 e. The van der Waals surface area contributed by atoms with E-state index in [0.717, 1.165) is 38.2 Å². The van der Waals surface area contributed by atoms with Crippen LogP contribution < -0.4 is 10.6 Å². The summed E-state index contributed by atoms with van der Waals surface area (Å²) in [5.41, 5.74) is 5.07. The van der Waals surface area contributed by atoms with Crippen LogP contribution in [0.2, 0.25) is 0 Å². The molecule has 1 aromatic heterocycles. The van der Waals surface area contributed by atoms with E-state index >= 15 is 0 Å². The Bertz CT molecular complexity index is 1150. The van der Waals surface area contributed by atoms with E-state index in [0.29, 0.717) is 24.2 Å². The van der Waals surface area contributed by atoms with Crippen LogP contribution in [-0.2, 0) is 4.79 Å². The zero-order valence-electron chi connectivity index (χ0n) is 18.5. The predicted octanol–water partition coefficient (Wildman–Crippen LogP) is 3.21. The zero-order valence-corrected chi connectivity index (χ0v) is 20.7. The summed E-state index contributed by atoms with van der Waals surface area (Å²) in [6.45, 7) is 4.85. The van der Waals surface area contributed by atoms with Crippen molar-refractivity contribution >= 4 is 57.8 Å². The van der Waals surface area contributed by atoms with Crippen molar-refractivity contribution in [2.75, 3.05) is 32.5 Å². The van der Waals surface area contributed by atoms with Gasteiger partial charge in [0.2, 0.25) is 0 Å². The number of nitrogens with zero attached hydrogens (tertiary/aromatic N) is 2. The van der Waals surface area contributed by atoms with Crippen LogP contribution in [0.1, 0.15) is 39.3 Å². The van der Waals surface area contributed by atoms with Crippen molar-refractivity contribution in [3.8, 4) is 0 Å². The Balaban J connectivity index is 1.55. The van der Waals surface area contributed by atoms with Gasteiger partial charge >= 0.3 is 6.03 Å². The number of carbonyl (C=O) groups excluding carboxylic acids is 3. The van der Waals surface area contributed by atoms with Crippen LogP contribution in [0, 0.1) is 17.4 Å². The minimum Gasteiger partial charge on any atom is -0.358 e. The second-order valence-electron chi connectivity index (χ2n) is 8.45. The van der Waals surface area contributed by atoms with Crippen LogP contribution in [0.5, 0.6) is 0 Å². The van der Waals surface area contributed by atoms with E-state index in [9.17, 15) is 14.4 Å². The van der Waals surface area contributed by atoms with Crippen LogP contribution in [0.15, 0.2) is 18.2 Å². The lowest BCUT2D eigenvalue weighted by Crippen LogP contribution is -2.41. The Hall–Kier alpha value is -2.82. The first-order valence-corrected chi connectivity index (χ1v) is 11.5. The van der Waals surface area contributed by atoms with Crippen molar-refractivity contribution in [3.05, 3.63) is 49.8 Å². The summed E-state index contributed by atoms with van der Waals surface area (Å²) in [4.78, 5) is 44.3. The highest BCUT2D eigenvalue weighted by Crippen LogP contribution is 2.35. The first-order chi connectivity index (χ1) is 15.2. The molecule has 1 atom stereocenters. The summed E-state index contributed by atoms with van der Waals surface area (Å²) < 4.78 is 1.04. The maximum Gasteiger partial charge on any atom is 0.319 e. The van der Waals surface area contributed by atoms with Gasteiger partial charge in [-0.1, -0.05) is 0 Å². The van der Waals surface area contributed by atoms with Gasteiger partial charge in [-0.3, -0.25) is 9.59 Å². The third-order valence-corrected chi connectivity index (χ3v) is 6.60. The third kappa shape index (κ3) is 4.13. The molecule has 9 heteroatoms. The van der Waals surface area contributed by atoms with Crippen molar-refractivity contribution in [3.63, 3.8) is 0 Å². The molecule has 3 N–H and O–H groups in total. The van der Waals surface area contributed by atoms with Crippen molar-refractivity contribution in [1.29, 1.82) is 0 Å². The SMILES string of the molecule is Cc1[nH]c(/C=C2\C(=O)Nc3ccc(I)cc32)c(C)c1C(=O)N[C@H]1CCN(C(=O)N(C)C)C1. The summed E-state index contributed by atoms with van der Waals surface area (Å²) in [7, 11) is 3.45. The Labute approximate surface area is 200 Å². The Kier molecular flexibility index (Phi) is 6.02. The molecule has 0 spiro atoms. The summed E-state index contributed by atoms with van der Waals surface area (Å²) in [6, 6.07) is 5.68. The van der Waals surface area contributed by atoms with E-state index < -0.39 is 0 Å². The molecule has 1 fully saturated rings. The van der Waals surface area contributed by atoms with Crippen LogP contribution >= 0.6 is 22.6 Å². The number of hydrogen-bond donors (Lipinski definition) is 3. The summed E-state index contributed by atoms with van der Waals surface area (Å²) in [5, 5.41) is 5.96. The molecule has 4 rings (SSSR count). The van der Waals surface area contributed by atoms with Gasteiger partial charge in [-0.05, 0) is 72.7 Å². The van der Waals surface area contributed by atoms with Gasteiger partial charge < -0.3 is 25.4 Å². The number of anilines is 1. The van der Waals surface area contributed by atoms with Gasteiger partial charge in [0.15, 0.2) is 0 Å². The molecule has 1 aromatic carbocycles. The molecule has 0 aliphatic carbocycles. The molecule has 0 unspecified atom stereocenters. The number of halogens is 1. The van der Waals surface area contributed by atoms with E-state index in [1.165, 1.54) is 0 Å². The number of nitrogens with one attached hydrogen (secondary N) is 3. The molecular weight excluding hydrogens is 521 g/mol. The van der Waals surface area contributed by atoms with Crippen LogP contribution in [0.25, 0.3) is 11.6 Å². The van der Waals surface area contributed by atoms with E-state index in [1.54, 1.807) is 23.9 Å². The van der Waals surface area contributed by atoms with Crippen LogP contribution in [-0.4, -0.2) is 65.9 Å². The molecule has 168 valence electrons. The van der Waals surface area contributed by atoms with E-state index in [2.05, 4.69) is 38.2 Å². The zero-order chi connectivity index (χ0) is 23.2. The molecule has 1 saturated heterocycles. The molecule has 0 radical (unpaired) electrons. The van der Waals surface area contributed by atoms with E-state index in [4.69, 9.17) is 0 Å². The number of aromatic nitrogens is 1. The summed E-state index contributed by atoms with van der Waals surface area (Å²) in [5.74, 6) is -0.327. The standard InChI is InChI=1S/C23H26IN5O3/c1-12-19(10-17-16-9-14(24)5-6-18(16)27-21(17)30)25-13(2)20(12)22(31)26-15-7-8-29(11-15)23(32)28(3)4/h5-6,9-10,15,25H,7-8,11H2,1-4H3,(H,26,31)(H,27,30)/b17-10-/t15-/m0/s1. The van der Waals surface area contributed by atoms with Gasteiger partial charge in [-0.25, -0.2) is 4.79 Å². The van der Waals surface area contributed by atoms with Gasteiger partial charge in [-0.2, -0.15) is 0 Å². The molecule has 2 aromatic rings. The number of H-pyrrole nitrogens is 1. The number of likely N-dealkylation sites (tertiary alicyclic amines) is 1. The predicted molar refractivity (Wildman–Crippen MR) is 132 cm³/mol. The molecule has 2 aliphatic heterocycles. The lowest BCUT2D eigenvalue weighted by Gasteiger charge is -2.21. The van der Waals surface area contributed by atoms with Crippen molar-refractivity contribution < 1.29 is 14.4 Å². The van der Waals surface area contributed by atoms with Crippen molar-refractivity contribution in [2.45, 2.75) is 26.3 Å². The molecule has 32 heavy (non-hydrogen) atoms. The monoisotopic (exact) mass is 547 g/mol. The van der Waals surface area contributed by atoms with E-state index in [1.807, 2.05) is 38.1 Å². The number of rotatable bonds is 3. The molecule has 0 bridgehead atoms. The van der Waals surface area contributed by atoms with Gasteiger partial charge in [0.1, 0.15) is 0 Å². The third-order valence-electron chi connectivity index (χ3n) is 5.93. The van der Waals surface area contributed by atoms with Crippen LogP contribution in [0.3, 0.4) is 0 Å². The highest BCUT2D eigenvalue weighted by atomic mass is 127. The Morgan fingerprint density at radius 3 is 2.75 bits per heavy atom. The fourth-order valence-electron chi connectivity index (χ4n) is 4.30. The largest absolute Gasteiger partial charge is 0.358 e. The average molecular weight is 547 g/mol. The molecule has 4 amide bonds. The van der Waals surface area contributed by atoms with E-state index in [-0.39, 0.29) is 23.9 Å². The number of amides is 4. The molecule has 2 aliphatic rings. The van der Waals surface area contributed by atoms with Gasteiger partial charge in [-0.15, -0.1) is 0 Å². The van der Waals surface area contributed by atoms with Gasteiger partial charge in [0.25, 0.3) is 11.8 Å². The van der Waals surface area contributed by atoms with Crippen molar-refractivity contribution in [2.24, 2.45) is 0 Å². The van der Waals surface area contributed by atoms with Gasteiger partial charge in [0.05, 0.1) is 11.1 Å². The highest BCUT2D eigenvalue weighted by Gasteiger charge is 2.30. The second-order valence-corrected chi connectivity index (χ2v) is 9.69. The fraction of sp³-hybridized carbons (Fsp3) is 0.348. The Morgan fingerprint density at radius 2 is 2.03 bits per heavy atom. The second kappa shape index (κ2) is 8.61. The normalized spacial score (nSPS) is 18.7. The minimum absolute atomic E-state index is 0.0468. The maximum atomic E-state index is 13.1. The number of urea groups is 1. The topological polar surface area (TPSA) is 97.5 Å². The summed E-state index contributed by atoms with van der Waals surface area (Å²) in [6.07, 6.45) is 2.53. The number of benzene rings is 1. The lowest BCUT2D eigenvalue weighted by atomic mass is 10.0. The highest BCUT2D eigenvalue weighted by molar-refractivity contribution is 14.1. The number of aryl methyl sites for hydroxylation is 1. The fourth-order valence-corrected chi connectivity index (χ4v) is 4.79. The first kappa shape index (κ1) is 22.4. The lowest BCUT2D eigenvalue weighted by molar-refractivity contribution is -0.110. The molecular formula is C23H26IN5O3. The Morgan fingerprint density at radius 1 is 1.28 bits per heavy atom.